The summed E-state index contributed by atoms with van der Waals surface area (Å²) < 4.78 is 5.11. The quantitative estimate of drug-likeness (QED) is 0.658. The molecule has 0 aliphatic carbocycles. The Morgan fingerprint density at radius 2 is 1.73 bits per heavy atom. The fourth-order valence-corrected chi connectivity index (χ4v) is 2.40. The number of ether oxygens (including phenoxy) is 1. The highest BCUT2D eigenvalue weighted by Crippen LogP contribution is 2.18. The zero-order chi connectivity index (χ0) is 19.7. The zero-order valence-corrected chi connectivity index (χ0v) is 15.7. The molecule has 0 fully saturated rings. The second-order valence-corrected chi connectivity index (χ2v) is 7.06. The molecule has 0 aliphatic rings. The van der Waals surface area contributed by atoms with E-state index in [0.29, 0.717) is 6.42 Å². The van der Waals surface area contributed by atoms with Crippen molar-refractivity contribution in [2.75, 3.05) is 0 Å². The van der Waals surface area contributed by atoms with Crippen LogP contribution in [0.3, 0.4) is 0 Å². The number of carboxylic acid groups (broad SMARTS) is 1. The van der Waals surface area contributed by atoms with Gasteiger partial charge in [-0.15, -0.1) is 0 Å². The van der Waals surface area contributed by atoms with Crippen molar-refractivity contribution in [2.45, 2.75) is 64.6 Å². The van der Waals surface area contributed by atoms with Gasteiger partial charge < -0.3 is 20.5 Å². The number of alkyl carbamates (subject to hydrolysis) is 1. The summed E-state index contributed by atoms with van der Waals surface area (Å²) >= 11 is 0. The van der Waals surface area contributed by atoms with Crippen molar-refractivity contribution in [3.63, 3.8) is 0 Å². The summed E-state index contributed by atoms with van der Waals surface area (Å²) in [5.41, 5.74) is 0.178. The van der Waals surface area contributed by atoms with E-state index in [-0.39, 0.29) is 6.04 Å². The molecular formula is C19H28N2O5. The van der Waals surface area contributed by atoms with Crippen molar-refractivity contribution in [2.24, 2.45) is 0 Å². The molecule has 1 rings (SSSR count). The number of hydrogen-bond acceptors (Lipinski definition) is 4. The van der Waals surface area contributed by atoms with Crippen LogP contribution in [-0.2, 0) is 14.3 Å². The standard InChI is InChI=1S/C19H28N2O5/c1-5-9-14(13-10-7-6-8-11-13)20-17(24)15(12-16(22)23)21-18(25)26-19(2,3)4/h6-8,10-11,14-15H,5,9,12H2,1-4H3,(H,20,24)(H,21,25)(H,22,23)/t14?,15-/m0/s1. The van der Waals surface area contributed by atoms with Crippen LogP contribution in [-0.4, -0.2) is 34.7 Å². The fraction of sp³-hybridized carbons (Fsp3) is 0.526. The first-order chi connectivity index (χ1) is 12.1. The molecule has 0 heterocycles. The first kappa shape index (κ1) is 21.5. The minimum Gasteiger partial charge on any atom is -0.481 e. The van der Waals surface area contributed by atoms with E-state index in [1.54, 1.807) is 20.8 Å². The van der Waals surface area contributed by atoms with Crippen LogP contribution in [0.15, 0.2) is 30.3 Å². The molecule has 0 aliphatic heterocycles. The Morgan fingerprint density at radius 1 is 1.12 bits per heavy atom. The van der Waals surface area contributed by atoms with E-state index in [1.807, 2.05) is 37.3 Å². The van der Waals surface area contributed by atoms with E-state index in [2.05, 4.69) is 10.6 Å². The molecule has 144 valence electrons. The van der Waals surface area contributed by atoms with Gasteiger partial charge in [-0.3, -0.25) is 9.59 Å². The molecule has 1 aromatic rings. The van der Waals surface area contributed by atoms with Gasteiger partial charge in [0.1, 0.15) is 11.6 Å². The van der Waals surface area contributed by atoms with Gasteiger partial charge >= 0.3 is 12.1 Å². The van der Waals surface area contributed by atoms with E-state index in [0.717, 1.165) is 12.0 Å². The number of amides is 2. The predicted octanol–water partition coefficient (Wildman–Crippen LogP) is 3.01. The fourth-order valence-electron chi connectivity index (χ4n) is 2.40. The normalized spacial score (nSPS) is 13.4. The van der Waals surface area contributed by atoms with E-state index in [9.17, 15) is 14.4 Å². The minimum absolute atomic E-state index is 0.259. The van der Waals surface area contributed by atoms with Gasteiger partial charge in [0.2, 0.25) is 5.91 Å². The Balaban J connectivity index is 2.86. The lowest BCUT2D eigenvalue weighted by Gasteiger charge is -2.25. The highest BCUT2D eigenvalue weighted by Gasteiger charge is 2.28. The smallest absolute Gasteiger partial charge is 0.408 e. The van der Waals surface area contributed by atoms with Gasteiger partial charge in [-0.2, -0.15) is 0 Å². The molecule has 2 atom stereocenters. The molecule has 2 amide bonds. The van der Waals surface area contributed by atoms with Crippen LogP contribution < -0.4 is 10.6 Å². The maximum Gasteiger partial charge on any atom is 0.408 e. The van der Waals surface area contributed by atoms with Crippen molar-refractivity contribution in [3.05, 3.63) is 35.9 Å². The molecule has 1 aromatic carbocycles. The number of carbonyl (C=O) groups excluding carboxylic acids is 2. The second-order valence-electron chi connectivity index (χ2n) is 7.06. The third-order valence-corrected chi connectivity index (χ3v) is 3.48. The third-order valence-electron chi connectivity index (χ3n) is 3.48. The van der Waals surface area contributed by atoms with Gasteiger partial charge in [-0.25, -0.2) is 4.79 Å². The maximum absolute atomic E-state index is 12.6. The maximum atomic E-state index is 12.6. The number of benzene rings is 1. The molecule has 0 aromatic heterocycles. The lowest BCUT2D eigenvalue weighted by molar-refractivity contribution is -0.140. The van der Waals surface area contributed by atoms with Crippen LogP contribution in [0.5, 0.6) is 0 Å². The Bertz CT molecular complexity index is 610. The Kier molecular flexibility index (Phi) is 8.09. The first-order valence-electron chi connectivity index (χ1n) is 8.69. The Hall–Kier alpha value is -2.57. The number of hydrogen-bond donors (Lipinski definition) is 3. The van der Waals surface area contributed by atoms with E-state index in [1.165, 1.54) is 0 Å². The Labute approximate surface area is 154 Å². The third kappa shape index (κ3) is 8.00. The van der Waals surface area contributed by atoms with Gasteiger partial charge in [-0.05, 0) is 32.8 Å². The van der Waals surface area contributed by atoms with Gasteiger partial charge in [-0.1, -0.05) is 43.7 Å². The molecule has 0 spiro atoms. The molecule has 0 saturated carbocycles. The molecule has 0 saturated heterocycles. The summed E-state index contributed by atoms with van der Waals surface area (Å²) in [5, 5.41) is 14.2. The monoisotopic (exact) mass is 364 g/mol. The number of carbonyl (C=O) groups is 3. The van der Waals surface area contributed by atoms with Crippen LogP contribution in [0.4, 0.5) is 4.79 Å². The predicted molar refractivity (Wildman–Crippen MR) is 97.6 cm³/mol. The van der Waals surface area contributed by atoms with Crippen molar-refractivity contribution < 1.29 is 24.2 Å². The van der Waals surface area contributed by atoms with Gasteiger partial charge in [0.05, 0.1) is 12.5 Å². The molecule has 3 N–H and O–H groups in total. The topological polar surface area (TPSA) is 105 Å². The van der Waals surface area contributed by atoms with Crippen molar-refractivity contribution in [3.8, 4) is 0 Å². The summed E-state index contributed by atoms with van der Waals surface area (Å²) in [4.78, 5) is 35.6. The molecule has 7 nitrogen and oxygen atoms in total. The lowest BCUT2D eigenvalue weighted by atomic mass is 10.0. The summed E-state index contributed by atoms with van der Waals surface area (Å²) in [7, 11) is 0. The average molecular weight is 364 g/mol. The van der Waals surface area contributed by atoms with E-state index in [4.69, 9.17) is 9.84 Å². The van der Waals surface area contributed by atoms with Gasteiger partial charge in [0, 0.05) is 0 Å². The number of aliphatic carboxylic acids is 1. The molecular weight excluding hydrogens is 336 g/mol. The van der Waals surface area contributed by atoms with Crippen LogP contribution in [0, 0.1) is 0 Å². The van der Waals surface area contributed by atoms with E-state index < -0.39 is 36.0 Å². The number of nitrogens with one attached hydrogen (secondary N) is 2. The highest BCUT2D eigenvalue weighted by molar-refractivity contribution is 5.89. The Morgan fingerprint density at radius 3 is 2.23 bits per heavy atom. The average Bonchev–Trinajstić information content (AvgIpc) is 2.52. The van der Waals surface area contributed by atoms with Crippen LogP contribution in [0.1, 0.15) is 58.6 Å². The SMILES string of the molecule is CCCC(NC(=O)[C@H](CC(=O)O)NC(=O)OC(C)(C)C)c1ccccc1. The van der Waals surface area contributed by atoms with Crippen LogP contribution in [0.25, 0.3) is 0 Å². The van der Waals surface area contributed by atoms with Crippen molar-refractivity contribution in [1.82, 2.24) is 10.6 Å². The second kappa shape index (κ2) is 9.79. The van der Waals surface area contributed by atoms with Crippen molar-refractivity contribution >= 4 is 18.0 Å². The summed E-state index contributed by atoms with van der Waals surface area (Å²) in [5.74, 6) is -1.74. The molecule has 7 heteroatoms. The number of carboxylic acids is 1. The summed E-state index contributed by atoms with van der Waals surface area (Å²) in [6, 6.07) is 7.94. The zero-order valence-electron chi connectivity index (χ0n) is 15.7. The van der Waals surface area contributed by atoms with Gasteiger partial charge in [0.25, 0.3) is 0 Å². The van der Waals surface area contributed by atoms with Crippen LogP contribution in [0.2, 0.25) is 0 Å². The van der Waals surface area contributed by atoms with Gasteiger partial charge in [0.15, 0.2) is 0 Å². The van der Waals surface area contributed by atoms with Crippen LogP contribution >= 0.6 is 0 Å². The minimum atomic E-state index is -1.22. The molecule has 1 unspecified atom stereocenters. The number of rotatable bonds is 8. The highest BCUT2D eigenvalue weighted by atomic mass is 16.6. The van der Waals surface area contributed by atoms with E-state index >= 15 is 0 Å². The van der Waals surface area contributed by atoms with Crippen molar-refractivity contribution in [1.29, 1.82) is 0 Å². The summed E-state index contributed by atoms with van der Waals surface area (Å²) in [6.07, 6.45) is 0.175. The molecule has 0 bridgehead atoms. The lowest BCUT2D eigenvalue weighted by Crippen LogP contribution is -2.49. The summed E-state index contributed by atoms with van der Waals surface area (Å²) in [6.45, 7) is 7.05. The molecule has 0 radical (unpaired) electrons. The first-order valence-corrected chi connectivity index (χ1v) is 8.69. The molecule has 26 heavy (non-hydrogen) atoms. The largest absolute Gasteiger partial charge is 0.481 e.